The smallest absolute Gasteiger partial charge is 0.230 e. The summed E-state index contributed by atoms with van der Waals surface area (Å²) in [5.74, 6) is 1.57. The standard InChI is InChI=1S/C16H24N2OS/c1-11-5-7-18(10-12(11)9-17)16(19)14-3-2-4-15-13(14)6-8-20-15/h6,8,11-12,14H,2-5,7,9-10,17H2,1H3. The van der Waals surface area contributed by atoms with Crippen molar-refractivity contribution in [3.05, 3.63) is 21.9 Å². The molecule has 3 nitrogen and oxygen atoms in total. The van der Waals surface area contributed by atoms with Crippen molar-refractivity contribution in [2.75, 3.05) is 19.6 Å². The van der Waals surface area contributed by atoms with Crippen LogP contribution in [0.2, 0.25) is 0 Å². The van der Waals surface area contributed by atoms with Crippen LogP contribution in [0, 0.1) is 11.8 Å². The van der Waals surface area contributed by atoms with Gasteiger partial charge in [-0.25, -0.2) is 0 Å². The molecule has 2 heterocycles. The van der Waals surface area contributed by atoms with Crippen molar-refractivity contribution in [3.63, 3.8) is 0 Å². The number of fused-ring (bicyclic) bond motifs is 1. The van der Waals surface area contributed by atoms with Crippen LogP contribution < -0.4 is 5.73 Å². The normalized spacial score (nSPS) is 30.1. The minimum atomic E-state index is 0.108. The van der Waals surface area contributed by atoms with Crippen molar-refractivity contribution >= 4 is 17.2 Å². The minimum Gasteiger partial charge on any atom is -0.342 e. The average molecular weight is 292 g/mol. The monoisotopic (exact) mass is 292 g/mol. The molecule has 1 aliphatic heterocycles. The van der Waals surface area contributed by atoms with Gasteiger partial charge in [0.05, 0.1) is 5.92 Å². The first-order valence-electron chi connectivity index (χ1n) is 7.75. The third-order valence-corrected chi connectivity index (χ3v) is 6.07. The van der Waals surface area contributed by atoms with E-state index in [2.05, 4.69) is 23.3 Å². The van der Waals surface area contributed by atoms with Crippen molar-refractivity contribution in [2.45, 2.75) is 38.5 Å². The Hall–Kier alpha value is -0.870. The molecular formula is C16H24N2OS. The predicted molar refractivity (Wildman–Crippen MR) is 82.9 cm³/mol. The van der Waals surface area contributed by atoms with Crippen LogP contribution in [0.3, 0.4) is 0 Å². The molecule has 1 aromatic rings. The van der Waals surface area contributed by atoms with Crippen molar-refractivity contribution in [2.24, 2.45) is 17.6 Å². The van der Waals surface area contributed by atoms with E-state index in [1.165, 1.54) is 10.4 Å². The Balaban J connectivity index is 1.74. The number of piperidine rings is 1. The number of aryl methyl sites for hydroxylation is 1. The summed E-state index contributed by atoms with van der Waals surface area (Å²) in [5.41, 5.74) is 7.16. The molecule has 0 aromatic carbocycles. The molecule has 3 atom stereocenters. The van der Waals surface area contributed by atoms with E-state index in [4.69, 9.17) is 5.73 Å². The fraction of sp³-hybridized carbons (Fsp3) is 0.688. The number of likely N-dealkylation sites (tertiary alicyclic amines) is 1. The second-order valence-corrected chi connectivity index (χ2v) is 7.29. The van der Waals surface area contributed by atoms with E-state index < -0.39 is 0 Å². The van der Waals surface area contributed by atoms with Gasteiger partial charge in [0.2, 0.25) is 5.91 Å². The number of hydrogen-bond donors (Lipinski definition) is 1. The average Bonchev–Trinajstić information content (AvgIpc) is 2.95. The highest BCUT2D eigenvalue weighted by molar-refractivity contribution is 7.10. The maximum Gasteiger partial charge on any atom is 0.230 e. The molecule has 1 aliphatic carbocycles. The number of hydrogen-bond acceptors (Lipinski definition) is 3. The summed E-state index contributed by atoms with van der Waals surface area (Å²) in [7, 11) is 0. The Kier molecular flexibility index (Phi) is 4.13. The topological polar surface area (TPSA) is 46.3 Å². The molecule has 0 bridgehead atoms. The number of carbonyl (C=O) groups excluding carboxylic acids is 1. The van der Waals surface area contributed by atoms with Crippen molar-refractivity contribution in [3.8, 4) is 0 Å². The van der Waals surface area contributed by atoms with E-state index >= 15 is 0 Å². The highest BCUT2D eigenvalue weighted by atomic mass is 32.1. The summed E-state index contributed by atoms with van der Waals surface area (Å²) in [6, 6.07) is 2.16. The zero-order chi connectivity index (χ0) is 14.1. The van der Waals surface area contributed by atoms with Gasteiger partial charge in [0.15, 0.2) is 0 Å². The fourth-order valence-electron chi connectivity index (χ4n) is 3.62. The summed E-state index contributed by atoms with van der Waals surface area (Å²) in [4.78, 5) is 16.4. The molecule has 1 aromatic heterocycles. The lowest BCUT2D eigenvalue weighted by molar-refractivity contribution is -0.135. The van der Waals surface area contributed by atoms with Crippen molar-refractivity contribution < 1.29 is 4.79 Å². The summed E-state index contributed by atoms with van der Waals surface area (Å²) >= 11 is 1.81. The van der Waals surface area contributed by atoms with Gasteiger partial charge in [-0.3, -0.25) is 4.79 Å². The van der Waals surface area contributed by atoms with E-state index in [1.54, 1.807) is 0 Å². The van der Waals surface area contributed by atoms with Crippen LogP contribution >= 0.6 is 11.3 Å². The van der Waals surface area contributed by atoms with Crippen molar-refractivity contribution in [1.29, 1.82) is 0 Å². The zero-order valence-electron chi connectivity index (χ0n) is 12.2. The Morgan fingerprint density at radius 2 is 2.35 bits per heavy atom. The lowest BCUT2D eigenvalue weighted by Crippen LogP contribution is -2.47. The quantitative estimate of drug-likeness (QED) is 0.911. The number of rotatable bonds is 2. The van der Waals surface area contributed by atoms with E-state index in [0.29, 0.717) is 24.3 Å². The first kappa shape index (κ1) is 14.1. The molecule has 20 heavy (non-hydrogen) atoms. The van der Waals surface area contributed by atoms with Gasteiger partial charge in [0.1, 0.15) is 0 Å². The van der Waals surface area contributed by atoms with E-state index in [1.807, 2.05) is 11.3 Å². The lowest BCUT2D eigenvalue weighted by atomic mass is 9.83. The SMILES string of the molecule is CC1CCN(C(=O)C2CCCc3sccc32)CC1CN. The van der Waals surface area contributed by atoms with Gasteiger partial charge in [0, 0.05) is 18.0 Å². The fourth-order valence-corrected chi connectivity index (χ4v) is 4.61. The molecule has 110 valence electrons. The van der Waals surface area contributed by atoms with Crippen LogP contribution in [0.1, 0.15) is 42.5 Å². The molecule has 1 amide bonds. The van der Waals surface area contributed by atoms with Crippen LogP contribution in [-0.2, 0) is 11.2 Å². The van der Waals surface area contributed by atoms with E-state index in [9.17, 15) is 4.79 Å². The molecule has 0 radical (unpaired) electrons. The molecule has 1 fully saturated rings. The summed E-state index contributed by atoms with van der Waals surface area (Å²) in [5, 5.41) is 2.14. The molecule has 1 saturated heterocycles. The summed E-state index contributed by atoms with van der Waals surface area (Å²) in [6.45, 7) is 4.72. The summed E-state index contributed by atoms with van der Waals surface area (Å²) in [6.07, 6.45) is 4.41. The van der Waals surface area contributed by atoms with Gasteiger partial charge in [-0.1, -0.05) is 6.92 Å². The van der Waals surface area contributed by atoms with Gasteiger partial charge in [0.25, 0.3) is 0 Å². The van der Waals surface area contributed by atoms with Gasteiger partial charge in [-0.2, -0.15) is 0 Å². The number of nitrogens with two attached hydrogens (primary N) is 1. The molecule has 3 unspecified atom stereocenters. The predicted octanol–water partition coefficient (Wildman–Crippen LogP) is 2.61. The first-order chi connectivity index (χ1) is 9.70. The highest BCUT2D eigenvalue weighted by Gasteiger charge is 2.34. The molecule has 0 saturated carbocycles. The lowest BCUT2D eigenvalue weighted by Gasteiger charge is -2.38. The van der Waals surface area contributed by atoms with E-state index in [0.717, 1.165) is 38.8 Å². The molecule has 0 spiro atoms. The molecular weight excluding hydrogens is 268 g/mol. The van der Waals surface area contributed by atoms with Crippen molar-refractivity contribution in [1.82, 2.24) is 4.90 Å². The largest absolute Gasteiger partial charge is 0.342 e. The van der Waals surface area contributed by atoms with Gasteiger partial charge in [-0.15, -0.1) is 11.3 Å². The van der Waals surface area contributed by atoms with Gasteiger partial charge >= 0.3 is 0 Å². The highest BCUT2D eigenvalue weighted by Crippen LogP contribution is 2.37. The van der Waals surface area contributed by atoms with Crippen LogP contribution in [0.25, 0.3) is 0 Å². The molecule has 2 N–H and O–H groups in total. The van der Waals surface area contributed by atoms with Crippen LogP contribution in [0.4, 0.5) is 0 Å². The number of nitrogens with zero attached hydrogens (tertiary/aromatic N) is 1. The summed E-state index contributed by atoms with van der Waals surface area (Å²) < 4.78 is 0. The van der Waals surface area contributed by atoms with Crippen LogP contribution in [-0.4, -0.2) is 30.4 Å². The Labute approximate surface area is 125 Å². The van der Waals surface area contributed by atoms with Crippen LogP contribution in [0.5, 0.6) is 0 Å². The Morgan fingerprint density at radius 1 is 1.50 bits per heavy atom. The zero-order valence-corrected chi connectivity index (χ0v) is 13.0. The number of thiophene rings is 1. The second-order valence-electron chi connectivity index (χ2n) is 6.29. The third kappa shape index (κ3) is 2.51. The molecule has 2 aliphatic rings. The van der Waals surface area contributed by atoms with Gasteiger partial charge < -0.3 is 10.6 Å². The Bertz CT molecular complexity index is 485. The number of amides is 1. The first-order valence-corrected chi connectivity index (χ1v) is 8.63. The maximum atomic E-state index is 12.9. The maximum absolute atomic E-state index is 12.9. The Morgan fingerprint density at radius 3 is 3.15 bits per heavy atom. The van der Waals surface area contributed by atoms with Gasteiger partial charge in [-0.05, 0) is 61.1 Å². The minimum absolute atomic E-state index is 0.108. The third-order valence-electron chi connectivity index (χ3n) is 5.08. The molecule has 3 rings (SSSR count). The second kappa shape index (κ2) is 5.86. The van der Waals surface area contributed by atoms with E-state index in [-0.39, 0.29) is 5.92 Å². The molecule has 4 heteroatoms. The number of carbonyl (C=O) groups is 1. The van der Waals surface area contributed by atoms with Crippen LogP contribution in [0.15, 0.2) is 11.4 Å².